The minimum atomic E-state index is 0.000773. The van der Waals surface area contributed by atoms with Gasteiger partial charge in [-0.1, -0.05) is 36.1 Å². The number of nitrogens with one attached hydrogen (secondary N) is 2. The second-order valence-corrected chi connectivity index (χ2v) is 4.79. The number of thioether (sulfide) groups is 1. The minimum Gasteiger partial charge on any atom is -0.516 e. The maximum absolute atomic E-state index is 8.67. The fourth-order valence-corrected chi connectivity index (χ4v) is 2.42. The molecule has 0 spiro atoms. The number of aliphatic hydroxyl groups excluding tert-OH is 1. The van der Waals surface area contributed by atoms with E-state index in [9.17, 15) is 0 Å². The molecule has 3 N–H and O–H groups in total. The molecule has 0 radical (unpaired) electrons. The van der Waals surface area contributed by atoms with Crippen molar-refractivity contribution in [1.82, 2.24) is 5.32 Å². The van der Waals surface area contributed by atoms with E-state index in [0.717, 1.165) is 16.1 Å². The number of hydrogen-bond donors (Lipinski definition) is 3. The van der Waals surface area contributed by atoms with Crippen molar-refractivity contribution in [1.29, 1.82) is 5.41 Å². The molecule has 0 heterocycles. The van der Waals surface area contributed by atoms with Gasteiger partial charge in [0.15, 0.2) is 0 Å². The van der Waals surface area contributed by atoms with E-state index in [2.05, 4.69) is 5.32 Å². The maximum Gasteiger partial charge on any atom is 0.0792 e. The topological polar surface area (TPSA) is 56.1 Å². The average Bonchev–Trinajstić information content (AvgIpc) is 2.36. The number of rotatable bonds is 5. The summed E-state index contributed by atoms with van der Waals surface area (Å²) in [5, 5.41) is 19.6. The Morgan fingerprint density at radius 3 is 2.89 bits per heavy atom. The van der Waals surface area contributed by atoms with Gasteiger partial charge in [0, 0.05) is 9.81 Å². The van der Waals surface area contributed by atoms with E-state index in [0.29, 0.717) is 5.71 Å². The van der Waals surface area contributed by atoms with E-state index in [-0.39, 0.29) is 6.04 Å². The van der Waals surface area contributed by atoms with Crippen molar-refractivity contribution in [3.8, 4) is 0 Å². The summed E-state index contributed by atoms with van der Waals surface area (Å²) in [6.45, 7) is 1.95. The van der Waals surface area contributed by atoms with E-state index < -0.39 is 0 Å². The van der Waals surface area contributed by atoms with Crippen molar-refractivity contribution in [2.45, 2.75) is 13.0 Å². The number of aliphatic hydroxyl groups is 1. The molecular weight excluding hydrogens is 244 g/mol. The molecule has 96 valence electrons. The number of allylic oxidation sites excluding steroid dienone is 5. The Hall–Kier alpha value is -1.52. The fourth-order valence-electron chi connectivity index (χ4n) is 1.46. The third kappa shape index (κ3) is 4.39. The Morgan fingerprint density at radius 1 is 1.56 bits per heavy atom. The largest absolute Gasteiger partial charge is 0.516 e. The standard InChI is InChI=1S/C14H18N2OS/c1-3-5-11(6-4-9-17)18-12-7-8-14(16-2)13(15)10-12/h3-10,14-17H,1-2H3/b5-3-,9-4+,11-6+,15-13?. The van der Waals surface area contributed by atoms with Gasteiger partial charge in [0.2, 0.25) is 0 Å². The Labute approximate surface area is 112 Å². The van der Waals surface area contributed by atoms with Crippen LogP contribution in [0.4, 0.5) is 0 Å². The van der Waals surface area contributed by atoms with Crippen LogP contribution < -0.4 is 5.32 Å². The van der Waals surface area contributed by atoms with Crippen LogP contribution in [0.15, 0.2) is 58.6 Å². The van der Waals surface area contributed by atoms with E-state index in [1.807, 2.05) is 50.4 Å². The Kier molecular flexibility index (Phi) is 6.25. The Bertz CT molecular complexity index is 445. The molecule has 0 aromatic heterocycles. The van der Waals surface area contributed by atoms with Gasteiger partial charge in [0.1, 0.15) is 0 Å². The van der Waals surface area contributed by atoms with Crippen molar-refractivity contribution < 1.29 is 5.11 Å². The minimum absolute atomic E-state index is 0.000773. The van der Waals surface area contributed by atoms with Crippen molar-refractivity contribution in [2.75, 3.05) is 7.05 Å². The normalized spacial score (nSPS) is 21.0. The van der Waals surface area contributed by atoms with Gasteiger partial charge in [-0.25, -0.2) is 0 Å². The molecule has 4 heteroatoms. The van der Waals surface area contributed by atoms with E-state index in [4.69, 9.17) is 10.5 Å². The Balaban J connectivity index is 2.78. The van der Waals surface area contributed by atoms with Crippen LogP contribution in [0.3, 0.4) is 0 Å². The van der Waals surface area contributed by atoms with Crippen LogP contribution in [0.5, 0.6) is 0 Å². The van der Waals surface area contributed by atoms with Crippen LogP contribution in [0.2, 0.25) is 0 Å². The highest BCUT2D eigenvalue weighted by molar-refractivity contribution is 8.07. The Morgan fingerprint density at radius 2 is 2.33 bits per heavy atom. The maximum atomic E-state index is 8.67. The summed E-state index contributed by atoms with van der Waals surface area (Å²) in [6.07, 6.45) is 14.2. The molecule has 0 saturated carbocycles. The molecule has 1 unspecified atom stereocenters. The molecule has 1 atom stereocenters. The van der Waals surface area contributed by atoms with Gasteiger partial charge in [0.25, 0.3) is 0 Å². The molecule has 3 nitrogen and oxygen atoms in total. The third-order valence-corrected chi connectivity index (χ3v) is 3.31. The van der Waals surface area contributed by atoms with Crippen molar-refractivity contribution in [3.63, 3.8) is 0 Å². The van der Waals surface area contributed by atoms with Gasteiger partial charge in [-0.05, 0) is 32.2 Å². The smallest absolute Gasteiger partial charge is 0.0792 e. The van der Waals surface area contributed by atoms with Crippen molar-refractivity contribution in [3.05, 3.63) is 58.6 Å². The lowest BCUT2D eigenvalue weighted by molar-refractivity contribution is 0.473. The predicted octanol–water partition coefficient (Wildman–Crippen LogP) is 3.31. The first-order chi connectivity index (χ1) is 8.71. The second kappa shape index (κ2) is 7.74. The summed E-state index contributed by atoms with van der Waals surface area (Å²) in [4.78, 5) is 2.02. The summed E-state index contributed by atoms with van der Waals surface area (Å²) in [5.41, 5.74) is 0.556. The molecule has 0 fully saturated rings. The summed E-state index contributed by atoms with van der Waals surface area (Å²) in [6, 6.07) is 0.000773. The average molecular weight is 262 g/mol. The quantitative estimate of drug-likeness (QED) is 0.526. The van der Waals surface area contributed by atoms with Gasteiger partial charge < -0.3 is 15.8 Å². The lowest BCUT2D eigenvalue weighted by Gasteiger charge is -2.16. The number of likely N-dealkylation sites (N-methyl/N-ethyl adjacent to an activating group) is 1. The second-order valence-electron chi connectivity index (χ2n) is 3.64. The highest BCUT2D eigenvalue weighted by atomic mass is 32.2. The molecule has 0 saturated heterocycles. The first-order valence-corrected chi connectivity index (χ1v) is 6.50. The molecular formula is C14H18N2OS. The van der Waals surface area contributed by atoms with E-state index >= 15 is 0 Å². The van der Waals surface area contributed by atoms with Gasteiger partial charge in [-0.15, -0.1) is 0 Å². The SMILES string of the molecule is C\C=C/C(=C\C=C\O)SC1=CC(=N)C(NC)C=C1. The molecule has 1 aliphatic carbocycles. The first-order valence-electron chi connectivity index (χ1n) is 5.68. The monoisotopic (exact) mass is 262 g/mol. The molecule has 0 aromatic carbocycles. The van der Waals surface area contributed by atoms with Gasteiger partial charge in [0.05, 0.1) is 18.0 Å². The molecule has 1 rings (SSSR count). The molecule has 1 aliphatic rings. The lowest BCUT2D eigenvalue weighted by atomic mass is 10.1. The highest BCUT2D eigenvalue weighted by Gasteiger charge is 2.12. The molecule has 0 aromatic rings. The zero-order chi connectivity index (χ0) is 13.4. The summed E-state index contributed by atoms with van der Waals surface area (Å²) in [5.74, 6) is 0. The van der Waals surface area contributed by atoms with Crippen LogP contribution in [-0.2, 0) is 0 Å². The van der Waals surface area contributed by atoms with Crippen LogP contribution in [0.1, 0.15) is 6.92 Å². The highest BCUT2D eigenvalue weighted by Crippen LogP contribution is 2.29. The van der Waals surface area contributed by atoms with Gasteiger partial charge in [-0.2, -0.15) is 0 Å². The molecule has 18 heavy (non-hydrogen) atoms. The molecule has 0 aliphatic heterocycles. The van der Waals surface area contributed by atoms with Gasteiger partial charge >= 0.3 is 0 Å². The van der Waals surface area contributed by atoms with Crippen LogP contribution in [0.25, 0.3) is 0 Å². The lowest BCUT2D eigenvalue weighted by Crippen LogP contribution is -2.31. The van der Waals surface area contributed by atoms with Crippen molar-refractivity contribution in [2.24, 2.45) is 0 Å². The first kappa shape index (κ1) is 14.5. The summed E-state index contributed by atoms with van der Waals surface area (Å²) < 4.78 is 0. The fraction of sp³-hybridized carbons (Fsp3) is 0.214. The number of hydrogen-bond acceptors (Lipinski definition) is 4. The summed E-state index contributed by atoms with van der Waals surface area (Å²) >= 11 is 1.56. The molecule has 0 amide bonds. The summed E-state index contributed by atoms with van der Waals surface area (Å²) in [7, 11) is 1.84. The zero-order valence-corrected chi connectivity index (χ0v) is 11.4. The predicted molar refractivity (Wildman–Crippen MR) is 80.1 cm³/mol. The van der Waals surface area contributed by atoms with E-state index in [1.165, 1.54) is 0 Å². The third-order valence-electron chi connectivity index (χ3n) is 2.31. The van der Waals surface area contributed by atoms with Crippen LogP contribution in [0, 0.1) is 5.41 Å². The molecule has 0 bridgehead atoms. The van der Waals surface area contributed by atoms with Crippen LogP contribution >= 0.6 is 11.8 Å². The zero-order valence-electron chi connectivity index (χ0n) is 10.6. The van der Waals surface area contributed by atoms with Crippen LogP contribution in [-0.4, -0.2) is 23.9 Å². The van der Waals surface area contributed by atoms with Crippen molar-refractivity contribution >= 4 is 17.5 Å². The van der Waals surface area contributed by atoms with Gasteiger partial charge in [-0.3, -0.25) is 0 Å². The van der Waals surface area contributed by atoms with E-state index in [1.54, 1.807) is 17.8 Å².